The molecule has 1 N–H and O–H groups in total. The van der Waals surface area contributed by atoms with E-state index in [2.05, 4.69) is 22.9 Å². The van der Waals surface area contributed by atoms with Crippen LogP contribution in [-0.4, -0.2) is 28.1 Å². The van der Waals surface area contributed by atoms with Gasteiger partial charge in [0.15, 0.2) is 0 Å². The number of rotatable bonds is 3. The Kier molecular flexibility index (Phi) is 4.81. The lowest BCUT2D eigenvalue weighted by Crippen LogP contribution is -2.42. The quantitative estimate of drug-likeness (QED) is 0.706. The Labute approximate surface area is 164 Å². The zero-order valence-electron chi connectivity index (χ0n) is 16.7. The van der Waals surface area contributed by atoms with Gasteiger partial charge in [0.2, 0.25) is 0 Å². The molecule has 5 heteroatoms. The van der Waals surface area contributed by atoms with Crippen molar-refractivity contribution in [2.45, 2.75) is 45.8 Å². The van der Waals surface area contributed by atoms with Crippen LogP contribution < -0.4 is 5.63 Å². The van der Waals surface area contributed by atoms with E-state index in [1.807, 2.05) is 32.0 Å². The molecule has 1 aliphatic heterocycles. The third-order valence-electron chi connectivity index (χ3n) is 5.91. The first-order chi connectivity index (χ1) is 13.3. The van der Waals surface area contributed by atoms with Gasteiger partial charge in [0, 0.05) is 37.3 Å². The summed E-state index contributed by atoms with van der Waals surface area (Å²) in [4.78, 5) is 18.7. The molecule has 3 aromatic rings. The summed E-state index contributed by atoms with van der Waals surface area (Å²) in [6.07, 6.45) is 3.06. The molecule has 28 heavy (non-hydrogen) atoms. The molecule has 2 aromatic heterocycles. The molecule has 0 spiro atoms. The van der Waals surface area contributed by atoms with E-state index in [1.165, 1.54) is 5.56 Å². The van der Waals surface area contributed by atoms with Crippen LogP contribution in [0.3, 0.4) is 0 Å². The number of nitrogens with zero attached hydrogens (tertiary/aromatic N) is 2. The number of aliphatic hydroxyl groups is 1. The van der Waals surface area contributed by atoms with Crippen LogP contribution in [0.1, 0.15) is 40.8 Å². The molecule has 5 nitrogen and oxygen atoms in total. The van der Waals surface area contributed by atoms with Crippen LogP contribution in [0.2, 0.25) is 0 Å². The minimum Gasteiger partial charge on any atom is -0.423 e. The second kappa shape index (κ2) is 7.15. The Hall–Kier alpha value is -2.50. The predicted molar refractivity (Wildman–Crippen MR) is 109 cm³/mol. The van der Waals surface area contributed by atoms with Gasteiger partial charge in [-0.15, -0.1) is 0 Å². The monoisotopic (exact) mass is 378 g/mol. The van der Waals surface area contributed by atoms with E-state index in [4.69, 9.17) is 4.42 Å². The van der Waals surface area contributed by atoms with Gasteiger partial charge in [0.1, 0.15) is 11.2 Å². The van der Waals surface area contributed by atoms with E-state index in [1.54, 1.807) is 12.3 Å². The molecule has 4 rings (SSSR count). The van der Waals surface area contributed by atoms with E-state index in [0.29, 0.717) is 25.0 Å². The van der Waals surface area contributed by atoms with Crippen LogP contribution in [0, 0.1) is 20.8 Å². The van der Waals surface area contributed by atoms with Gasteiger partial charge in [-0.1, -0.05) is 6.07 Å². The van der Waals surface area contributed by atoms with Crippen molar-refractivity contribution in [1.82, 2.24) is 9.88 Å². The van der Waals surface area contributed by atoms with Gasteiger partial charge in [0.05, 0.1) is 5.69 Å². The molecule has 1 aliphatic rings. The first-order valence-electron chi connectivity index (χ1n) is 9.76. The minimum absolute atomic E-state index is 0.317. The van der Waals surface area contributed by atoms with Gasteiger partial charge >= 0.3 is 5.63 Å². The lowest BCUT2D eigenvalue weighted by Gasteiger charge is -2.38. The largest absolute Gasteiger partial charge is 0.423 e. The molecule has 0 radical (unpaired) electrons. The molecular formula is C23H26N2O3. The maximum Gasteiger partial charge on any atom is 0.336 e. The first kappa shape index (κ1) is 18.8. The topological polar surface area (TPSA) is 66.6 Å². The maximum absolute atomic E-state index is 12.0. The van der Waals surface area contributed by atoms with Crippen LogP contribution >= 0.6 is 0 Å². The Bertz CT molecular complexity index is 1060. The summed E-state index contributed by atoms with van der Waals surface area (Å²) in [6, 6.07) is 9.55. The highest BCUT2D eigenvalue weighted by Gasteiger charge is 2.35. The summed E-state index contributed by atoms with van der Waals surface area (Å²) in [7, 11) is 0. The maximum atomic E-state index is 12.0. The van der Waals surface area contributed by atoms with Gasteiger partial charge in [-0.05, 0) is 74.1 Å². The SMILES string of the molecule is Cc1ccc(C2(O)CCN(Cc3cc(=O)oc4cc(C)c(C)cc34)CC2)nc1. The van der Waals surface area contributed by atoms with Crippen LogP contribution in [0.15, 0.2) is 45.7 Å². The number of aromatic nitrogens is 1. The molecular weight excluding hydrogens is 352 g/mol. The molecule has 1 saturated heterocycles. The van der Waals surface area contributed by atoms with Crippen molar-refractivity contribution in [3.8, 4) is 0 Å². The van der Waals surface area contributed by atoms with E-state index in [9.17, 15) is 9.90 Å². The third-order valence-corrected chi connectivity index (χ3v) is 5.91. The summed E-state index contributed by atoms with van der Waals surface area (Å²) >= 11 is 0. The smallest absolute Gasteiger partial charge is 0.336 e. The highest BCUT2D eigenvalue weighted by atomic mass is 16.4. The first-order valence-corrected chi connectivity index (χ1v) is 9.76. The highest BCUT2D eigenvalue weighted by molar-refractivity contribution is 5.81. The summed E-state index contributed by atoms with van der Waals surface area (Å²) in [6.45, 7) is 8.25. The lowest BCUT2D eigenvalue weighted by molar-refractivity contribution is -0.0310. The normalized spacial score (nSPS) is 17.1. The number of likely N-dealkylation sites (tertiary alicyclic amines) is 1. The molecule has 1 aromatic carbocycles. The van der Waals surface area contributed by atoms with Crippen molar-refractivity contribution in [3.05, 3.63) is 74.9 Å². The number of piperidine rings is 1. The van der Waals surface area contributed by atoms with Gasteiger partial charge in [0.25, 0.3) is 0 Å². The molecule has 3 heterocycles. The standard InChI is InChI=1S/C23H26N2O3/c1-15-4-5-21(24-13-15)23(27)6-8-25(9-7-23)14-18-12-22(26)28-20-11-17(3)16(2)10-19(18)20/h4-5,10-13,27H,6-9,14H2,1-3H3. The Balaban J connectivity index is 1.54. The predicted octanol–water partition coefficient (Wildman–Crippen LogP) is 3.60. The second-order valence-corrected chi connectivity index (χ2v) is 8.05. The molecule has 0 bridgehead atoms. The molecule has 0 saturated carbocycles. The van der Waals surface area contributed by atoms with Crippen molar-refractivity contribution in [3.63, 3.8) is 0 Å². The fraction of sp³-hybridized carbons (Fsp3) is 0.391. The molecule has 146 valence electrons. The van der Waals surface area contributed by atoms with Crippen LogP contribution in [0.25, 0.3) is 11.0 Å². The van der Waals surface area contributed by atoms with E-state index in [0.717, 1.165) is 40.9 Å². The highest BCUT2D eigenvalue weighted by Crippen LogP contribution is 2.32. The van der Waals surface area contributed by atoms with E-state index >= 15 is 0 Å². The molecule has 0 atom stereocenters. The van der Waals surface area contributed by atoms with Gasteiger partial charge in [-0.3, -0.25) is 9.88 Å². The Morgan fingerprint density at radius 1 is 1.11 bits per heavy atom. The number of benzene rings is 1. The molecule has 0 aliphatic carbocycles. The number of pyridine rings is 1. The van der Waals surface area contributed by atoms with Gasteiger partial charge in [-0.25, -0.2) is 4.79 Å². The Morgan fingerprint density at radius 3 is 2.50 bits per heavy atom. The summed E-state index contributed by atoms with van der Waals surface area (Å²) in [5.74, 6) is 0. The summed E-state index contributed by atoms with van der Waals surface area (Å²) in [5, 5.41) is 12.0. The fourth-order valence-corrected chi connectivity index (χ4v) is 3.93. The number of hydrogen-bond acceptors (Lipinski definition) is 5. The van der Waals surface area contributed by atoms with Crippen molar-refractivity contribution in [2.75, 3.05) is 13.1 Å². The Morgan fingerprint density at radius 2 is 1.82 bits per heavy atom. The van der Waals surface area contributed by atoms with E-state index < -0.39 is 5.60 Å². The average Bonchev–Trinajstić information content (AvgIpc) is 2.66. The van der Waals surface area contributed by atoms with Crippen LogP contribution in [-0.2, 0) is 12.1 Å². The van der Waals surface area contributed by atoms with Crippen LogP contribution in [0.5, 0.6) is 0 Å². The number of hydrogen-bond donors (Lipinski definition) is 1. The molecule has 0 amide bonds. The number of aryl methyl sites for hydroxylation is 3. The van der Waals surface area contributed by atoms with Gasteiger partial charge in [-0.2, -0.15) is 0 Å². The second-order valence-electron chi connectivity index (χ2n) is 8.05. The molecule has 1 fully saturated rings. The van der Waals surface area contributed by atoms with Gasteiger partial charge < -0.3 is 9.52 Å². The average molecular weight is 378 g/mol. The summed E-state index contributed by atoms with van der Waals surface area (Å²) in [5.41, 5.74) is 4.55. The van der Waals surface area contributed by atoms with E-state index in [-0.39, 0.29) is 5.63 Å². The van der Waals surface area contributed by atoms with Crippen molar-refractivity contribution in [1.29, 1.82) is 0 Å². The van der Waals surface area contributed by atoms with Crippen molar-refractivity contribution < 1.29 is 9.52 Å². The lowest BCUT2D eigenvalue weighted by atomic mass is 9.87. The summed E-state index contributed by atoms with van der Waals surface area (Å²) < 4.78 is 5.41. The van der Waals surface area contributed by atoms with Crippen molar-refractivity contribution in [2.24, 2.45) is 0 Å². The molecule has 0 unspecified atom stereocenters. The zero-order chi connectivity index (χ0) is 19.9. The van der Waals surface area contributed by atoms with Crippen molar-refractivity contribution >= 4 is 11.0 Å². The number of fused-ring (bicyclic) bond motifs is 1. The minimum atomic E-state index is -0.879. The van der Waals surface area contributed by atoms with Crippen LogP contribution in [0.4, 0.5) is 0 Å². The fourth-order valence-electron chi connectivity index (χ4n) is 3.93. The zero-order valence-corrected chi connectivity index (χ0v) is 16.7. The third kappa shape index (κ3) is 3.60.